The zero-order chi connectivity index (χ0) is 39.5. The van der Waals surface area contributed by atoms with Gasteiger partial charge < -0.3 is 28.9 Å². The van der Waals surface area contributed by atoms with E-state index in [0.717, 1.165) is 16.3 Å². The summed E-state index contributed by atoms with van der Waals surface area (Å²) in [7, 11) is -0.444. The Morgan fingerprint density at radius 2 is 0.961 bits per heavy atom. The van der Waals surface area contributed by atoms with Gasteiger partial charge in [-0.05, 0) is 12.8 Å². The summed E-state index contributed by atoms with van der Waals surface area (Å²) in [4.78, 5) is 68.8. The van der Waals surface area contributed by atoms with Gasteiger partial charge >= 0.3 is 5.97 Å². The van der Waals surface area contributed by atoms with E-state index in [4.69, 9.17) is 10.8 Å². The first kappa shape index (κ1) is 47.6. The molecule has 0 spiro atoms. The molecule has 0 bridgehead atoms. The van der Waals surface area contributed by atoms with Crippen LogP contribution in [0.3, 0.4) is 0 Å². The van der Waals surface area contributed by atoms with Crippen LogP contribution < -0.4 is 5.73 Å². The van der Waals surface area contributed by atoms with E-state index >= 15 is 0 Å². The van der Waals surface area contributed by atoms with Crippen LogP contribution in [0.15, 0.2) is 24.3 Å². The van der Waals surface area contributed by atoms with Crippen molar-refractivity contribution in [1.29, 1.82) is 0 Å². The third kappa shape index (κ3) is 24.4. The van der Waals surface area contributed by atoms with Gasteiger partial charge in [0.2, 0.25) is 0 Å². The molecule has 0 aromatic rings. The molecule has 0 atom stereocenters. The van der Waals surface area contributed by atoms with Gasteiger partial charge in [-0.3, -0.25) is 38.6 Å². The number of hydrogen-bond acceptors (Lipinski definition) is 13. The molecule has 0 aromatic carbocycles. The molecule has 0 saturated heterocycles. The predicted octanol–water partition coefficient (Wildman–Crippen LogP) is -1.21. The quantitative estimate of drug-likeness (QED) is 0.0744. The number of hydrogen-bond donors (Lipinski definition) is 2. The average molecular weight is 768 g/mol. The normalized spacial score (nSPS) is 14.8. The van der Waals surface area contributed by atoms with Crippen LogP contribution in [0.1, 0.15) is 51.4 Å². The first-order valence-electron chi connectivity index (χ1n) is 16.4. The third-order valence-corrected chi connectivity index (χ3v) is 9.26. The summed E-state index contributed by atoms with van der Waals surface area (Å²) in [6, 6.07) is 0. The van der Waals surface area contributed by atoms with Crippen LogP contribution in [0.5, 0.6) is 0 Å². The zero-order valence-electron chi connectivity index (χ0n) is 29.9. The maximum atomic E-state index is 11.9. The molecule has 2 heterocycles. The van der Waals surface area contributed by atoms with Crippen molar-refractivity contribution in [3.8, 4) is 0 Å². The molecule has 2 rings (SSSR count). The van der Waals surface area contributed by atoms with Crippen LogP contribution in [0, 0.1) is 0 Å². The lowest BCUT2D eigenvalue weighted by Gasteiger charge is -2.30. The van der Waals surface area contributed by atoms with Crippen LogP contribution >= 0.6 is 0 Å². The number of likely N-dealkylation sites (N-methyl/N-ethyl adjacent to an activating group) is 1. The molecule has 0 radical (unpaired) electrons. The molecule has 2 aliphatic heterocycles. The number of ketones is 1. The van der Waals surface area contributed by atoms with E-state index in [2.05, 4.69) is 0 Å². The highest BCUT2D eigenvalue weighted by Crippen LogP contribution is 2.09. The molecule has 51 heavy (non-hydrogen) atoms. The second kappa shape index (κ2) is 22.5. The van der Waals surface area contributed by atoms with Crippen LogP contribution in [-0.2, 0) is 49.0 Å². The van der Waals surface area contributed by atoms with Crippen molar-refractivity contribution in [2.75, 3.05) is 85.5 Å². The number of carboxylic acids is 1. The molecule has 2 aliphatic rings. The largest absolute Gasteiger partial charge is 0.748 e. The number of quaternary nitrogens is 2. The minimum atomic E-state index is -4.18. The van der Waals surface area contributed by atoms with Crippen molar-refractivity contribution in [3.63, 3.8) is 0 Å². The molecular weight excluding hydrogens is 714 g/mol. The molecule has 4 amide bonds. The molecule has 18 nitrogen and oxygen atoms in total. The van der Waals surface area contributed by atoms with Gasteiger partial charge in [0.1, 0.15) is 5.78 Å². The molecule has 3 N–H and O–H groups in total. The van der Waals surface area contributed by atoms with E-state index in [1.807, 2.05) is 28.2 Å². The summed E-state index contributed by atoms with van der Waals surface area (Å²) in [6.07, 6.45) is 7.64. The minimum absolute atomic E-state index is 0.0307. The number of carboxylic acid groups (broad SMARTS) is 1. The minimum Gasteiger partial charge on any atom is -0.748 e. The number of imide groups is 2. The fraction of sp³-hybridized carbons (Fsp3) is 0.677. The van der Waals surface area contributed by atoms with Gasteiger partial charge in [-0.25, -0.2) is 16.8 Å². The highest BCUT2D eigenvalue weighted by molar-refractivity contribution is 7.85. The highest BCUT2D eigenvalue weighted by Gasteiger charge is 2.24. The van der Waals surface area contributed by atoms with Crippen LogP contribution in [0.4, 0.5) is 0 Å². The highest BCUT2D eigenvalue weighted by atomic mass is 32.2. The van der Waals surface area contributed by atoms with Gasteiger partial charge in [0.15, 0.2) is 0 Å². The Labute approximate surface area is 300 Å². The molecule has 0 aliphatic carbocycles. The fourth-order valence-electron chi connectivity index (χ4n) is 4.87. The van der Waals surface area contributed by atoms with Gasteiger partial charge in [-0.15, -0.1) is 0 Å². The fourth-order valence-corrected chi connectivity index (χ4v) is 5.83. The summed E-state index contributed by atoms with van der Waals surface area (Å²) < 4.78 is 63.9. The lowest BCUT2D eigenvalue weighted by molar-refractivity contribution is -0.890. The Hall–Kier alpha value is -3.40. The van der Waals surface area contributed by atoms with Crippen molar-refractivity contribution in [1.82, 2.24) is 9.80 Å². The van der Waals surface area contributed by atoms with E-state index in [0.29, 0.717) is 80.1 Å². The van der Waals surface area contributed by atoms with E-state index in [1.165, 1.54) is 24.3 Å². The topological polar surface area (TPSA) is 270 Å². The molecule has 20 heteroatoms. The number of amides is 4. The second-order valence-corrected chi connectivity index (χ2v) is 16.4. The van der Waals surface area contributed by atoms with Gasteiger partial charge in [-0.1, -0.05) is 0 Å². The molecular formula is C31H53N5O13S2. The van der Waals surface area contributed by atoms with E-state index < -0.39 is 26.2 Å². The Kier molecular flexibility index (Phi) is 21.0. The first-order valence-corrected chi connectivity index (χ1v) is 19.6. The van der Waals surface area contributed by atoms with E-state index in [1.54, 1.807) is 0 Å². The summed E-state index contributed by atoms with van der Waals surface area (Å²) in [5, 5.41) is 8.32. The monoisotopic (exact) mass is 767 g/mol. The Bertz CT molecular complexity index is 1450. The molecule has 0 fully saturated rings. The summed E-state index contributed by atoms with van der Waals surface area (Å²) >= 11 is 0. The van der Waals surface area contributed by atoms with Crippen molar-refractivity contribution in [3.05, 3.63) is 24.3 Å². The number of carbonyl (C=O) groups is 6. The lowest BCUT2D eigenvalue weighted by Crippen LogP contribution is -2.44. The molecule has 0 aromatic heterocycles. The lowest BCUT2D eigenvalue weighted by atomic mass is 10.1. The SMILES string of the molecule is C[N+](C)(CCCC(=O)CCCN1C(=O)C=CC1=O)CCCS(=O)(=O)[O-].C[N+](C)(CCN)CCCS(=O)(=O)[O-].O=C(O)CCCN1C(=O)C=CC1=O. The average Bonchev–Trinajstić information content (AvgIpc) is 3.46. The molecule has 0 saturated carbocycles. The maximum Gasteiger partial charge on any atom is 0.303 e. The van der Waals surface area contributed by atoms with Gasteiger partial charge in [-0.2, -0.15) is 0 Å². The van der Waals surface area contributed by atoms with Gasteiger partial charge in [0.25, 0.3) is 23.6 Å². The van der Waals surface area contributed by atoms with Crippen molar-refractivity contribution in [2.24, 2.45) is 5.73 Å². The third-order valence-electron chi connectivity index (χ3n) is 7.68. The number of aliphatic carboxylic acids is 1. The molecule has 0 unspecified atom stereocenters. The molecule has 292 valence electrons. The maximum absolute atomic E-state index is 11.9. The number of nitrogens with two attached hydrogens (primary N) is 1. The standard InChI is InChI=1S/C16H26N2O6S.C8H9NO4.C7H18N2O3S/c1-18(2,12-5-13-25(22,23)24)11-4-7-14(19)6-3-10-17-15(20)8-9-16(17)21;10-6-3-4-7(11)9(6)5-1-2-8(12)13;1-9(2,6-4-8)5-3-7-13(10,11)12/h8-9H,3-7,10-13H2,1-2H3;3-4H,1-2,5H2,(H,12,13);3-8H2,1-2H3. The van der Waals surface area contributed by atoms with E-state index in [9.17, 15) is 54.7 Å². The predicted molar refractivity (Wildman–Crippen MR) is 183 cm³/mol. The summed E-state index contributed by atoms with van der Waals surface area (Å²) in [6.45, 7) is 3.72. The smallest absolute Gasteiger partial charge is 0.303 e. The second-order valence-electron chi connectivity index (χ2n) is 13.4. The number of rotatable bonds is 22. The summed E-state index contributed by atoms with van der Waals surface area (Å²) in [5.74, 6) is -2.89. The number of Topliss-reactive ketones (excluding diaryl/α,β-unsaturated/α-hetero) is 1. The number of carbonyl (C=O) groups excluding carboxylic acids is 5. The van der Waals surface area contributed by atoms with Gasteiger partial charge in [0, 0.05) is 94.0 Å². The van der Waals surface area contributed by atoms with Crippen LogP contribution in [0.25, 0.3) is 0 Å². The zero-order valence-corrected chi connectivity index (χ0v) is 31.5. The van der Waals surface area contributed by atoms with Crippen molar-refractivity contribution >= 4 is 55.6 Å². The van der Waals surface area contributed by atoms with Gasteiger partial charge in [0.05, 0.1) is 74.6 Å². The van der Waals surface area contributed by atoms with Crippen LogP contribution in [-0.4, -0.2) is 171 Å². The van der Waals surface area contributed by atoms with Crippen molar-refractivity contribution < 1.29 is 68.8 Å². The Morgan fingerprint density at radius 1 is 0.627 bits per heavy atom. The first-order chi connectivity index (χ1) is 23.4. The van der Waals surface area contributed by atoms with Crippen LogP contribution in [0.2, 0.25) is 0 Å². The van der Waals surface area contributed by atoms with E-state index in [-0.39, 0.29) is 60.4 Å². The summed E-state index contributed by atoms with van der Waals surface area (Å²) in [5.41, 5.74) is 5.38. The Morgan fingerprint density at radius 3 is 1.31 bits per heavy atom. The van der Waals surface area contributed by atoms with Crippen molar-refractivity contribution in [2.45, 2.75) is 51.4 Å². The number of nitrogens with zero attached hydrogens (tertiary/aromatic N) is 4. The Balaban J connectivity index is 0.000000810.